The van der Waals surface area contributed by atoms with Gasteiger partial charge >= 0.3 is 5.97 Å². The first kappa shape index (κ1) is 13.5. The number of hydrogen-bond acceptors (Lipinski definition) is 3. The molecule has 0 bridgehead atoms. The fraction of sp³-hybridized carbons (Fsp3) is 0.923. The maximum Gasteiger partial charge on any atom is 0.310 e. The molecule has 0 aromatic rings. The number of carbonyl (C=O) groups excluding carboxylic acids is 1. The van der Waals surface area contributed by atoms with Crippen LogP contribution >= 0.6 is 0 Å². The van der Waals surface area contributed by atoms with Crippen LogP contribution in [0.5, 0.6) is 0 Å². The lowest BCUT2D eigenvalue weighted by Gasteiger charge is -2.13. The van der Waals surface area contributed by atoms with Gasteiger partial charge in [-0.25, -0.2) is 0 Å². The highest BCUT2D eigenvalue weighted by Crippen LogP contribution is 2.17. The van der Waals surface area contributed by atoms with Gasteiger partial charge in [-0.05, 0) is 18.9 Å². The molecular formula is C13H25NO2. The third-order valence-corrected chi connectivity index (χ3v) is 3.31. The molecule has 1 rings (SSSR count). The summed E-state index contributed by atoms with van der Waals surface area (Å²) in [6, 6.07) is 0. The van der Waals surface area contributed by atoms with Crippen LogP contribution in [0.15, 0.2) is 0 Å². The monoisotopic (exact) mass is 227 g/mol. The molecule has 1 heterocycles. The zero-order valence-corrected chi connectivity index (χ0v) is 10.6. The maximum atomic E-state index is 11.7. The van der Waals surface area contributed by atoms with Crippen LogP contribution in [0.1, 0.15) is 46.0 Å². The first-order valence-corrected chi connectivity index (χ1v) is 6.63. The van der Waals surface area contributed by atoms with Crippen molar-refractivity contribution >= 4 is 5.97 Å². The van der Waals surface area contributed by atoms with Gasteiger partial charge in [0.1, 0.15) is 0 Å². The van der Waals surface area contributed by atoms with Gasteiger partial charge < -0.3 is 10.1 Å². The Hall–Kier alpha value is -0.570. The van der Waals surface area contributed by atoms with Gasteiger partial charge in [-0.2, -0.15) is 0 Å². The average Bonchev–Trinajstić information content (AvgIpc) is 2.69. The molecule has 0 saturated carbocycles. The third-order valence-electron chi connectivity index (χ3n) is 3.31. The Balaban J connectivity index is 2.02. The summed E-state index contributed by atoms with van der Waals surface area (Å²) >= 11 is 0. The van der Waals surface area contributed by atoms with E-state index in [1.807, 2.05) is 0 Å². The summed E-state index contributed by atoms with van der Waals surface area (Å²) in [4.78, 5) is 11.7. The van der Waals surface area contributed by atoms with Gasteiger partial charge in [0.15, 0.2) is 0 Å². The highest BCUT2D eigenvalue weighted by atomic mass is 16.5. The number of esters is 1. The van der Waals surface area contributed by atoms with E-state index in [0.717, 1.165) is 19.5 Å². The van der Waals surface area contributed by atoms with Crippen LogP contribution in [-0.4, -0.2) is 25.7 Å². The number of carbonyl (C=O) groups is 1. The Labute approximate surface area is 98.9 Å². The van der Waals surface area contributed by atoms with E-state index < -0.39 is 0 Å². The van der Waals surface area contributed by atoms with Crippen LogP contribution in [-0.2, 0) is 9.53 Å². The van der Waals surface area contributed by atoms with E-state index in [2.05, 4.69) is 19.2 Å². The molecule has 3 heteroatoms. The van der Waals surface area contributed by atoms with Crippen LogP contribution in [0, 0.1) is 11.8 Å². The van der Waals surface area contributed by atoms with Crippen molar-refractivity contribution in [3.8, 4) is 0 Å². The van der Waals surface area contributed by atoms with Crippen molar-refractivity contribution in [1.29, 1.82) is 0 Å². The number of nitrogens with one attached hydrogen (secondary N) is 1. The number of rotatable bonds is 7. The minimum Gasteiger partial charge on any atom is -0.465 e. The molecule has 0 amide bonds. The number of ether oxygens (including phenoxy) is 1. The van der Waals surface area contributed by atoms with E-state index in [9.17, 15) is 4.79 Å². The third kappa shape index (κ3) is 4.52. The Kier molecular flexibility index (Phi) is 6.46. The first-order valence-electron chi connectivity index (χ1n) is 6.63. The Morgan fingerprint density at radius 2 is 2.00 bits per heavy atom. The summed E-state index contributed by atoms with van der Waals surface area (Å²) in [7, 11) is 0. The molecule has 1 aliphatic rings. The Bertz CT molecular complexity index is 206. The lowest BCUT2D eigenvalue weighted by atomic mass is 9.99. The second-order valence-corrected chi connectivity index (χ2v) is 4.82. The number of hydrogen-bond donors (Lipinski definition) is 1. The molecule has 0 spiro atoms. The zero-order valence-electron chi connectivity index (χ0n) is 10.6. The molecule has 0 aromatic heterocycles. The summed E-state index contributed by atoms with van der Waals surface area (Å²) < 4.78 is 5.30. The van der Waals surface area contributed by atoms with E-state index in [-0.39, 0.29) is 11.9 Å². The molecule has 2 atom stereocenters. The van der Waals surface area contributed by atoms with Crippen molar-refractivity contribution in [2.75, 3.05) is 19.7 Å². The van der Waals surface area contributed by atoms with Crippen molar-refractivity contribution in [2.45, 2.75) is 46.0 Å². The molecule has 1 aliphatic heterocycles. The number of unbranched alkanes of at least 4 members (excludes halogenated alkanes) is 4. The minimum atomic E-state index is -0.00649. The molecule has 1 fully saturated rings. The SMILES string of the molecule is CCCCCCCOC(=O)C1CNCC1C. The van der Waals surface area contributed by atoms with Crippen molar-refractivity contribution in [3.63, 3.8) is 0 Å². The summed E-state index contributed by atoms with van der Waals surface area (Å²) in [5, 5.41) is 3.22. The topological polar surface area (TPSA) is 38.3 Å². The van der Waals surface area contributed by atoms with Gasteiger partial charge in [0.25, 0.3) is 0 Å². The summed E-state index contributed by atoms with van der Waals surface area (Å²) in [5.74, 6) is 0.497. The van der Waals surface area contributed by atoms with E-state index in [1.54, 1.807) is 0 Å². The van der Waals surface area contributed by atoms with Crippen LogP contribution in [0.25, 0.3) is 0 Å². The van der Waals surface area contributed by atoms with Gasteiger partial charge in [-0.15, -0.1) is 0 Å². The van der Waals surface area contributed by atoms with E-state index in [1.165, 1.54) is 25.7 Å². The van der Waals surface area contributed by atoms with Crippen molar-refractivity contribution < 1.29 is 9.53 Å². The fourth-order valence-electron chi connectivity index (χ4n) is 2.11. The van der Waals surface area contributed by atoms with Crippen LogP contribution in [0.2, 0.25) is 0 Å². The van der Waals surface area contributed by atoms with Crippen molar-refractivity contribution in [3.05, 3.63) is 0 Å². The highest BCUT2D eigenvalue weighted by molar-refractivity contribution is 5.73. The smallest absolute Gasteiger partial charge is 0.310 e. The summed E-state index contributed by atoms with van der Waals surface area (Å²) in [6.07, 6.45) is 6.00. The van der Waals surface area contributed by atoms with Crippen LogP contribution in [0.4, 0.5) is 0 Å². The Morgan fingerprint density at radius 3 is 2.62 bits per heavy atom. The predicted molar refractivity (Wildman–Crippen MR) is 65.2 cm³/mol. The second kappa shape index (κ2) is 7.66. The molecular weight excluding hydrogens is 202 g/mol. The molecule has 1 N–H and O–H groups in total. The molecule has 1 saturated heterocycles. The van der Waals surface area contributed by atoms with Crippen LogP contribution in [0.3, 0.4) is 0 Å². The molecule has 94 valence electrons. The Morgan fingerprint density at radius 1 is 1.25 bits per heavy atom. The second-order valence-electron chi connectivity index (χ2n) is 4.82. The summed E-state index contributed by atoms with van der Waals surface area (Å²) in [6.45, 7) is 6.64. The van der Waals surface area contributed by atoms with Gasteiger partial charge in [0, 0.05) is 6.54 Å². The maximum absolute atomic E-state index is 11.7. The molecule has 0 aliphatic carbocycles. The van der Waals surface area contributed by atoms with Gasteiger partial charge in [0.2, 0.25) is 0 Å². The van der Waals surface area contributed by atoms with Gasteiger partial charge in [-0.3, -0.25) is 4.79 Å². The quantitative estimate of drug-likeness (QED) is 0.536. The van der Waals surface area contributed by atoms with E-state index in [4.69, 9.17) is 4.74 Å². The van der Waals surface area contributed by atoms with Crippen molar-refractivity contribution in [2.24, 2.45) is 11.8 Å². The lowest BCUT2D eigenvalue weighted by Crippen LogP contribution is -2.24. The standard InChI is InChI=1S/C13H25NO2/c1-3-4-5-6-7-8-16-13(15)12-10-14-9-11(12)2/h11-12,14H,3-10H2,1-2H3. The van der Waals surface area contributed by atoms with E-state index >= 15 is 0 Å². The first-order chi connectivity index (χ1) is 7.75. The highest BCUT2D eigenvalue weighted by Gasteiger charge is 2.30. The molecule has 0 radical (unpaired) electrons. The molecule has 0 aromatic carbocycles. The fourth-order valence-corrected chi connectivity index (χ4v) is 2.11. The lowest BCUT2D eigenvalue weighted by molar-refractivity contribution is -0.149. The van der Waals surface area contributed by atoms with E-state index in [0.29, 0.717) is 12.5 Å². The predicted octanol–water partition coefficient (Wildman–Crippen LogP) is 2.36. The van der Waals surface area contributed by atoms with Crippen molar-refractivity contribution in [1.82, 2.24) is 5.32 Å². The average molecular weight is 227 g/mol. The normalized spacial score (nSPS) is 24.6. The van der Waals surface area contributed by atoms with Gasteiger partial charge in [-0.1, -0.05) is 39.5 Å². The minimum absolute atomic E-state index is 0.00649. The van der Waals surface area contributed by atoms with Gasteiger partial charge in [0.05, 0.1) is 12.5 Å². The zero-order chi connectivity index (χ0) is 11.8. The largest absolute Gasteiger partial charge is 0.465 e. The molecule has 2 unspecified atom stereocenters. The summed E-state index contributed by atoms with van der Waals surface area (Å²) in [5.41, 5.74) is 0. The van der Waals surface area contributed by atoms with Crippen LogP contribution < -0.4 is 5.32 Å². The molecule has 3 nitrogen and oxygen atoms in total. The molecule has 16 heavy (non-hydrogen) atoms.